The van der Waals surface area contributed by atoms with Crippen LogP contribution in [0.1, 0.15) is 12.0 Å². The zero-order valence-corrected chi connectivity index (χ0v) is 17.7. The van der Waals surface area contributed by atoms with Crippen LogP contribution in [0.2, 0.25) is 0 Å². The predicted molar refractivity (Wildman–Crippen MR) is 119 cm³/mol. The van der Waals surface area contributed by atoms with Crippen molar-refractivity contribution in [2.75, 3.05) is 51.7 Å². The lowest BCUT2D eigenvalue weighted by molar-refractivity contribution is -0.131. The molecule has 1 N–H and O–H groups in total. The minimum absolute atomic E-state index is 0.151. The van der Waals surface area contributed by atoms with Crippen LogP contribution in [0, 0.1) is 5.82 Å². The first-order valence-electron chi connectivity index (χ1n) is 10.3. The highest BCUT2D eigenvalue weighted by Gasteiger charge is 2.21. The number of anilines is 1. The van der Waals surface area contributed by atoms with Gasteiger partial charge in [0.25, 0.3) is 0 Å². The number of guanidine groups is 1. The van der Waals surface area contributed by atoms with E-state index in [0.717, 1.165) is 31.7 Å². The van der Waals surface area contributed by atoms with E-state index in [2.05, 4.69) is 27.3 Å². The number of nitrogens with zero attached hydrogens (tertiary/aromatic N) is 4. The fraction of sp³-hybridized carbons (Fsp3) is 0.391. The number of carbonyl (C=O) groups is 1. The number of piperazine rings is 1. The monoisotopic (exact) mass is 411 g/mol. The zero-order chi connectivity index (χ0) is 21.3. The summed E-state index contributed by atoms with van der Waals surface area (Å²) in [4.78, 5) is 23.0. The van der Waals surface area contributed by atoms with E-state index in [1.807, 2.05) is 41.1 Å². The fourth-order valence-electron chi connectivity index (χ4n) is 3.66. The van der Waals surface area contributed by atoms with Gasteiger partial charge in [-0.1, -0.05) is 30.3 Å². The third-order valence-electron chi connectivity index (χ3n) is 5.26. The van der Waals surface area contributed by atoms with Crippen LogP contribution in [0.25, 0.3) is 0 Å². The predicted octanol–water partition coefficient (Wildman–Crippen LogP) is 2.57. The Morgan fingerprint density at radius 3 is 2.50 bits per heavy atom. The molecule has 0 bridgehead atoms. The van der Waals surface area contributed by atoms with Gasteiger partial charge in [-0.15, -0.1) is 0 Å². The second-order valence-corrected chi connectivity index (χ2v) is 7.41. The Balaban J connectivity index is 1.41. The molecule has 7 heteroatoms. The summed E-state index contributed by atoms with van der Waals surface area (Å²) < 4.78 is 13.4. The number of amides is 1. The number of hydrogen-bond acceptors (Lipinski definition) is 3. The number of halogens is 1. The minimum atomic E-state index is -0.248. The van der Waals surface area contributed by atoms with Gasteiger partial charge in [-0.2, -0.15) is 0 Å². The highest BCUT2D eigenvalue weighted by atomic mass is 19.1. The molecule has 6 nitrogen and oxygen atoms in total. The van der Waals surface area contributed by atoms with Crippen LogP contribution in [0.3, 0.4) is 0 Å². The lowest BCUT2D eigenvalue weighted by Crippen LogP contribution is -2.49. The van der Waals surface area contributed by atoms with Crippen molar-refractivity contribution in [1.29, 1.82) is 0 Å². The molecule has 1 heterocycles. The van der Waals surface area contributed by atoms with E-state index < -0.39 is 0 Å². The van der Waals surface area contributed by atoms with Crippen molar-refractivity contribution in [2.24, 2.45) is 4.99 Å². The normalized spacial score (nSPS) is 14.6. The number of hydrogen-bond donors (Lipinski definition) is 1. The van der Waals surface area contributed by atoms with Gasteiger partial charge >= 0.3 is 0 Å². The van der Waals surface area contributed by atoms with Gasteiger partial charge in [-0.3, -0.25) is 9.79 Å². The molecule has 0 spiro atoms. The summed E-state index contributed by atoms with van der Waals surface area (Å²) in [6.07, 6.45) is 0.415. The second kappa shape index (κ2) is 10.6. The summed E-state index contributed by atoms with van der Waals surface area (Å²) in [5.41, 5.74) is 2.07. The van der Waals surface area contributed by atoms with Gasteiger partial charge in [0.1, 0.15) is 5.82 Å². The smallest absolute Gasteiger partial charge is 0.224 e. The maximum absolute atomic E-state index is 13.4. The molecule has 0 aromatic heterocycles. The number of carbonyl (C=O) groups excluding carboxylic acids is 1. The molecule has 3 rings (SSSR count). The number of aliphatic imine (C=N–C) groups is 1. The van der Waals surface area contributed by atoms with Crippen LogP contribution in [0.15, 0.2) is 59.6 Å². The molecule has 0 atom stereocenters. The average molecular weight is 412 g/mol. The standard InChI is InChI=1S/C23H30FN5O/c1-25-23(27(2)18-19-7-6-8-20(24)17-19)26-12-11-22(30)29-15-13-28(14-16-29)21-9-4-3-5-10-21/h3-10,17H,11-16,18H2,1-2H3,(H,25,26). The van der Waals surface area contributed by atoms with Crippen LogP contribution >= 0.6 is 0 Å². The van der Waals surface area contributed by atoms with Gasteiger partial charge in [0.05, 0.1) is 0 Å². The van der Waals surface area contributed by atoms with Crippen molar-refractivity contribution in [3.63, 3.8) is 0 Å². The van der Waals surface area contributed by atoms with Gasteiger partial charge < -0.3 is 20.0 Å². The summed E-state index contributed by atoms with van der Waals surface area (Å²) >= 11 is 0. The van der Waals surface area contributed by atoms with Gasteiger partial charge in [-0.05, 0) is 29.8 Å². The van der Waals surface area contributed by atoms with E-state index >= 15 is 0 Å². The molecule has 1 amide bonds. The Morgan fingerprint density at radius 1 is 1.10 bits per heavy atom. The maximum atomic E-state index is 13.4. The molecule has 2 aromatic rings. The van der Waals surface area contributed by atoms with Crippen molar-refractivity contribution in [3.8, 4) is 0 Å². The first-order valence-corrected chi connectivity index (χ1v) is 10.3. The molecular weight excluding hydrogens is 381 g/mol. The molecule has 0 unspecified atom stereocenters. The topological polar surface area (TPSA) is 51.2 Å². The van der Waals surface area contributed by atoms with Crippen molar-refractivity contribution >= 4 is 17.6 Å². The van der Waals surface area contributed by atoms with Gasteiger partial charge in [0.15, 0.2) is 5.96 Å². The molecule has 1 saturated heterocycles. The van der Waals surface area contributed by atoms with Crippen LogP contribution in [-0.4, -0.2) is 68.5 Å². The summed E-state index contributed by atoms with van der Waals surface area (Å²) in [5.74, 6) is 0.584. The third kappa shape index (κ3) is 5.95. The van der Waals surface area contributed by atoms with E-state index in [1.54, 1.807) is 13.1 Å². The lowest BCUT2D eigenvalue weighted by atomic mass is 10.2. The quantitative estimate of drug-likeness (QED) is 0.586. The van der Waals surface area contributed by atoms with Crippen molar-refractivity contribution in [1.82, 2.24) is 15.1 Å². The molecule has 30 heavy (non-hydrogen) atoms. The molecular formula is C23H30FN5O. The Morgan fingerprint density at radius 2 is 1.83 bits per heavy atom. The molecule has 1 aliphatic heterocycles. The van der Waals surface area contributed by atoms with Crippen molar-refractivity contribution in [3.05, 3.63) is 66.0 Å². The summed E-state index contributed by atoms with van der Waals surface area (Å²) in [6, 6.07) is 16.8. The van der Waals surface area contributed by atoms with Gasteiger partial charge in [0.2, 0.25) is 5.91 Å². The summed E-state index contributed by atoms with van der Waals surface area (Å²) in [6.45, 7) is 4.22. The first-order chi connectivity index (χ1) is 14.6. The zero-order valence-electron chi connectivity index (χ0n) is 17.7. The largest absolute Gasteiger partial charge is 0.368 e. The first kappa shape index (κ1) is 21.6. The SMILES string of the molecule is CN=C(NCCC(=O)N1CCN(c2ccccc2)CC1)N(C)Cc1cccc(F)c1. The Bertz CT molecular complexity index is 850. The maximum Gasteiger partial charge on any atom is 0.224 e. The number of rotatable bonds is 6. The molecule has 1 fully saturated rings. The van der Waals surface area contributed by atoms with E-state index in [4.69, 9.17) is 0 Å². The minimum Gasteiger partial charge on any atom is -0.368 e. The van der Waals surface area contributed by atoms with Gasteiger partial charge in [-0.25, -0.2) is 4.39 Å². The number of para-hydroxylation sites is 1. The lowest BCUT2D eigenvalue weighted by Gasteiger charge is -2.36. The highest BCUT2D eigenvalue weighted by Crippen LogP contribution is 2.15. The molecule has 0 aliphatic carbocycles. The van der Waals surface area contributed by atoms with Crippen LogP contribution in [-0.2, 0) is 11.3 Å². The van der Waals surface area contributed by atoms with Crippen LogP contribution < -0.4 is 10.2 Å². The molecule has 2 aromatic carbocycles. The van der Waals surface area contributed by atoms with E-state index in [1.165, 1.54) is 17.8 Å². The average Bonchev–Trinajstić information content (AvgIpc) is 2.77. The molecule has 0 radical (unpaired) electrons. The second-order valence-electron chi connectivity index (χ2n) is 7.41. The van der Waals surface area contributed by atoms with Crippen LogP contribution in [0.5, 0.6) is 0 Å². The molecule has 1 aliphatic rings. The number of nitrogens with one attached hydrogen (secondary N) is 1. The molecule has 160 valence electrons. The highest BCUT2D eigenvalue weighted by molar-refractivity contribution is 5.81. The summed E-state index contributed by atoms with van der Waals surface area (Å²) in [7, 11) is 3.60. The molecule has 0 saturated carbocycles. The fourth-order valence-corrected chi connectivity index (χ4v) is 3.66. The van der Waals surface area contributed by atoms with E-state index in [9.17, 15) is 9.18 Å². The van der Waals surface area contributed by atoms with Gasteiger partial charge in [0, 0.05) is 65.5 Å². The summed E-state index contributed by atoms with van der Waals surface area (Å²) in [5, 5.41) is 3.23. The van der Waals surface area contributed by atoms with E-state index in [-0.39, 0.29) is 11.7 Å². The third-order valence-corrected chi connectivity index (χ3v) is 5.26. The van der Waals surface area contributed by atoms with Crippen molar-refractivity contribution in [2.45, 2.75) is 13.0 Å². The Hall–Kier alpha value is -3.09. The Kier molecular flexibility index (Phi) is 7.65. The van der Waals surface area contributed by atoms with E-state index in [0.29, 0.717) is 25.5 Å². The van der Waals surface area contributed by atoms with Crippen molar-refractivity contribution < 1.29 is 9.18 Å². The Labute approximate surface area is 178 Å². The van der Waals surface area contributed by atoms with Crippen LogP contribution in [0.4, 0.5) is 10.1 Å². The number of benzene rings is 2.